The zero-order valence-electron chi connectivity index (χ0n) is 4.33. The van der Waals surface area contributed by atoms with Gasteiger partial charge in [0.2, 0.25) is 0 Å². The molecule has 6 heavy (non-hydrogen) atoms. The molecule has 0 aromatic rings. The first-order valence-corrected chi connectivity index (χ1v) is 0.775. The Morgan fingerprint density at radius 1 is 1.17 bits per heavy atom. The van der Waals surface area contributed by atoms with Crippen molar-refractivity contribution in [2.45, 2.75) is 0 Å². The minimum atomic E-state index is -2.17. The molecule has 0 atom stereocenters. The van der Waals surface area contributed by atoms with Gasteiger partial charge in [-0.25, -0.2) is 0 Å². The van der Waals surface area contributed by atoms with E-state index in [4.69, 9.17) is 15.1 Å². The first kappa shape index (κ1) is 15.7. The van der Waals surface area contributed by atoms with Gasteiger partial charge in [0.05, 0.1) is 0 Å². The number of hydrogen-bond donors (Lipinski definition) is 3. The van der Waals surface area contributed by atoms with Crippen LogP contribution in [0, 0.1) is 0 Å². The van der Waals surface area contributed by atoms with Crippen LogP contribution in [0.4, 0.5) is 0 Å². The van der Waals surface area contributed by atoms with E-state index >= 15 is 0 Å². The normalized spacial score (nSPS) is 4.50. The average molecular weight is 198 g/mol. The second-order valence-corrected chi connectivity index (χ2v) is 0.346. The van der Waals surface area contributed by atoms with Crippen LogP contribution in [0.25, 0.3) is 0 Å². The number of rotatable bonds is 0. The van der Waals surface area contributed by atoms with Crippen LogP contribution in [0.3, 0.4) is 0 Å². The molecule has 0 unspecified atom stereocenters. The summed E-state index contributed by atoms with van der Waals surface area (Å²) in [4.78, 5) is 0. The zero-order chi connectivity index (χ0) is 3.58. The molecule has 0 saturated heterocycles. The number of hydrogen-bond acceptors (Lipinski definition) is 3. The van der Waals surface area contributed by atoms with Gasteiger partial charge in [-0.15, -0.1) is 24.0 Å². The van der Waals surface area contributed by atoms with Crippen LogP contribution < -0.4 is 18.9 Å². The van der Waals surface area contributed by atoms with Gasteiger partial charge in [0.15, 0.2) is 0 Å². The molecule has 0 bridgehead atoms. The molecule has 0 aliphatic heterocycles. The SMILES string of the molecule is I.OB(O)O.[H-].[Li+]. The summed E-state index contributed by atoms with van der Waals surface area (Å²) in [6.07, 6.45) is 0. The van der Waals surface area contributed by atoms with Gasteiger partial charge < -0.3 is 16.5 Å². The minimum absolute atomic E-state index is 0. The van der Waals surface area contributed by atoms with Gasteiger partial charge in [0.1, 0.15) is 0 Å². The topological polar surface area (TPSA) is 60.7 Å². The fourth-order valence-electron chi connectivity index (χ4n) is 0. The van der Waals surface area contributed by atoms with Gasteiger partial charge in [-0.1, -0.05) is 0 Å². The van der Waals surface area contributed by atoms with E-state index in [-0.39, 0.29) is 44.3 Å². The maximum atomic E-state index is 7.17. The summed E-state index contributed by atoms with van der Waals surface area (Å²) in [5.41, 5.74) is 0. The molecule has 3 N–H and O–H groups in total. The van der Waals surface area contributed by atoms with Gasteiger partial charge in [0, 0.05) is 0 Å². The van der Waals surface area contributed by atoms with Crippen molar-refractivity contribution >= 4 is 31.3 Å². The van der Waals surface area contributed by atoms with E-state index in [0.29, 0.717) is 0 Å². The van der Waals surface area contributed by atoms with Gasteiger partial charge >= 0.3 is 26.2 Å². The van der Waals surface area contributed by atoms with Gasteiger partial charge in [-0.05, 0) is 0 Å². The maximum Gasteiger partial charge on any atom is 1.00 e. The summed E-state index contributed by atoms with van der Waals surface area (Å²) >= 11 is 0. The third kappa shape index (κ3) is 59.4. The second kappa shape index (κ2) is 9.55. The molecule has 0 amide bonds. The van der Waals surface area contributed by atoms with E-state index in [2.05, 4.69) is 0 Å². The zero-order valence-corrected chi connectivity index (χ0v) is 5.66. The van der Waals surface area contributed by atoms with E-state index < -0.39 is 7.32 Å². The van der Waals surface area contributed by atoms with Crippen LogP contribution >= 0.6 is 24.0 Å². The molecule has 0 saturated carbocycles. The molecule has 3 nitrogen and oxygen atoms in total. The quantitative estimate of drug-likeness (QED) is 0.272. The van der Waals surface area contributed by atoms with Crippen LogP contribution in [-0.2, 0) is 0 Å². The van der Waals surface area contributed by atoms with E-state index in [0.717, 1.165) is 0 Å². The summed E-state index contributed by atoms with van der Waals surface area (Å²) in [7, 11) is -2.17. The Balaban J connectivity index is -0.0000000150. The van der Waals surface area contributed by atoms with Gasteiger partial charge in [-0.3, -0.25) is 0 Å². The molecule has 34 valence electrons. The summed E-state index contributed by atoms with van der Waals surface area (Å²) in [6.45, 7) is 0. The summed E-state index contributed by atoms with van der Waals surface area (Å²) in [6, 6.07) is 0. The van der Waals surface area contributed by atoms with Crippen molar-refractivity contribution in [2.75, 3.05) is 0 Å². The minimum Gasteiger partial charge on any atom is -1.00 e. The van der Waals surface area contributed by atoms with Crippen molar-refractivity contribution in [1.29, 1.82) is 0 Å². The monoisotopic (exact) mass is 198 g/mol. The van der Waals surface area contributed by atoms with Gasteiger partial charge in [0.25, 0.3) is 0 Å². The Morgan fingerprint density at radius 2 is 1.17 bits per heavy atom. The Morgan fingerprint density at radius 3 is 1.17 bits per heavy atom. The fourth-order valence-corrected chi connectivity index (χ4v) is 0. The molecule has 0 aromatic heterocycles. The smallest absolute Gasteiger partial charge is 1.00 e. The standard InChI is InChI=1S/BH3O3.HI.Li.H/c2-1(3)4;;;/h2-4H;1H;;/q;;+1;-1. The third-order valence-corrected chi connectivity index (χ3v) is 0. The van der Waals surface area contributed by atoms with Gasteiger partial charge in [-0.2, -0.15) is 0 Å². The third-order valence-electron chi connectivity index (χ3n) is 0. The molecule has 0 spiro atoms. The second-order valence-electron chi connectivity index (χ2n) is 0.346. The summed E-state index contributed by atoms with van der Waals surface area (Å²) in [5.74, 6) is 0. The van der Waals surface area contributed by atoms with Crippen molar-refractivity contribution in [1.82, 2.24) is 0 Å². The van der Waals surface area contributed by atoms with Crippen molar-refractivity contribution in [3.63, 3.8) is 0 Å². The van der Waals surface area contributed by atoms with E-state index in [1.54, 1.807) is 0 Å². The van der Waals surface area contributed by atoms with Crippen molar-refractivity contribution in [3.05, 3.63) is 0 Å². The van der Waals surface area contributed by atoms with Crippen molar-refractivity contribution in [3.8, 4) is 0 Å². The molecule has 0 heterocycles. The van der Waals surface area contributed by atoms with Crippen LogP contribution in [0.1, 0.15) is 1.43 Å². The van der Waals surface area contributed by atoms with Crippen LogP contribution in [-0.4, -0.2) is 22.4 Å². The van der Waals surface area contributed by atoms with Crippen LogP contribution in [0.5, 0.6) is 0 Å². The Kier molecular flexibility index (Phi) is 25.0. The molecule has 6 heteroatoms. The van der Waals surface area contributed by atoms with E-state index in [9.17, 15) is 0 Å². The Bertz CT molecular complexity index is 19.7. The van der Waals surface area contributed by atoms with E-state index in [1.807, 2.05) is 0 Å². The Hall–Kier alpha value is 1.27. The summed E-state index contributed by atoms with van der Waals surface area (Å²) < 4.78 is 0. The van der Waals surface area contributed by atoms with E-state index in [1.165, 1.54) is 0 Å². The first-order valence-electron chi connectivity index (χ1n) is 0.775. The molecule has 0 aliphatic rings. The first-order chi connectivity index (χ1) is 1.73. The van der Waals surface area contributed by atoms with Crippen molar-refractivity contribution < 1.29 is 35.4 Å². The fraction of sp³-hybridized carbons (Fsp3) is 0. The maximum absolute atomic E-state index is 7.17. The molecule has 0 radical (unpaired) electrons. The molecule has 0 aliphatic carbocycles. The molecule has 0 rings (SSSR count). The number of halogens is 1. The summed E-state index contributed by atoms with van der Waals surface area (Å²) in [5, 5.41) is 21.5. The largest absolute Gasteiger partial charge is 1.00 e. The Labute approximate surface area is 66.6 Å². The molecular formula is H5BILiO3. The van der Waals surface area contributed by atoms with Crippen LogP contribution in [0.15, 0.2) is 0 Å². The average Bonchev–Trinajstić information content (AvgIpc) is 0.811. The predicted octanol–water partition coefficient (Wildman–Crippen LogP) is -4.32. The molecule has 0 aromatic carbocycles. The van der Waals surface area contributed by atoms with Crippen LogP contribution in [0.2, 0.25) is 0 Å². The molecule has 0 fully saturated rings. The predicted molar refractivity (Wildman–Crippen MR) is 28.9 cm³/mol. The molecular weight excluding hydrogens is 193 g/mol. The van der Waals surface area contributed by atoms with Crippen molar-refractivity contribution in [2.24, 2.45) is 0 Å².